The van der Waals surface area contributed by atoms with Gasteiger partial charge in [-0.1, -0.05) is 90.5 Å². The molecular weight excluding hydrogens is 472 g/mol. The third-order valence-corrected chi connectivity index (χ3v) is 7.97. The van der Waals surface area contributed by atoms with Gasteiger partial charge >= 0.3 is 0 Å². The smallest absolute Gasteiger partial charge is 0.0548 e. The van der Waals surface area contributed by atoms with Crippen molar-refractivity contribution in [3.63, 3.8) is 0 Å². The monoisotopic (exact) mass is 498 g/mol. The second-order valence-electron chi connectivity index (χ2n) is 10.3. The minimum Gasteiger partial charge on any atom is -0.309 e. The van der Waals surface area contributed by atoms with Crippen LogP contribution in [0.3, 0.4) is 0 Å². The van der Waals surface area contributed by atoms with Crippen LogP contribution in [0.15, 0.2) is 140 Å². The van der Waals surface area contributed by atoms with Gasteiger partial charge in [0.15, 0.2) is 0 Å². The number of para-hydroxylation sites is 3. The maximum absolute atomic E-state index is 2.41. The lowest BCUT2D eigenvalue weighted by atomic mass is 10.0. The van der Waals surface area contributed by atoms with Crippen LogP contribution in [-0.2, 0) is 0 Å². The first-order chi connectivity index (χ1) is 19.3. The molecular formula is C37H26N2. The van der Waals surface area contributed by atoms with E-state index in [1.807, 2.05) is 0 Å². The quantitative estimate of drug-likeness (QED) is 0.229. The lowest BCUT2D eigenvalue weighted by Crippen LogP contribution is -1.94. The summed E-state index contributed by atoms with van der Waals surface area (Å²) in [5.41, 5.74) is 11.0. The zero-order valence-corrected chi connectivity index (χ0v) is 21.7. The summed E-state index contributed by atoms with van der Waals surface area (Å²) in [4.78, 5) is 0. The van der Waals surface area contributed by atoms with Crippen molar-refractivity contribution in [3.05, 3.63) is 145 Å². The molecule has 0 aliphatic heterocycles. The molecule has 2 aromatic heterocycles. The van der Waals surface area contributed by atoms with Gasteiger partial charge in [-0.05, 0) is 72.6 Å². The van der Waals surface area contributed by atoms with Crippen molar-refractivity contribution in [1.82, 2.24) is 9.13 Å². The molecule has 0 amide bonds. The molecule has 8 aromatic rings. The highest BCUT2D eigenvalue weighted by Crippen LogP contribution is 2.40. The molecule has 2 heterocycles. The molecule has 0 spiro atoms. The Morgan fingerprint density at radius 2 is 0.846 bits per heavy atom. The Bertz CT molecular complexity index is 2150. The molecule has 0 saturated carbocycles. The highest BCUT2D eigenvalue weighted by Gasteiger charge is 2.18. The molecule has 8 rings (SSSR count). The molecule has 2 nitrogen and oxygen atoms in total. The third-order valence-electron chi connectivity index (χ3n) is 7.97. The highest BCUT2D eigenvalue weighted by molar-refractivity contribution is 6.19. The summed E-state index contributed by atoms with van der Waals surface area (Å²) < 4.78 is 4.82. The largest absolute Gasteiger partial charge is 0.309 e. The molecule has 0 radical (unpaired) electrons. The summed E-state index contributed by atoms with van der Waals surface area (Å²) >= 11 is 0. The first kappa shape index (κ1) is 22.0. The standard InChI is InChI=1S/C37H26N2/c1-25-16-18-26(19-17-25)27-20-21-35-31(22-27)33-24-36-32(23-37(33)39(35)29-12-6-3-7-13-29)30-14-8-9-15-34(30)38(36)28-10-4-2-5-11-28/h2-24H,1H3. The molecule has 0 saturated heterocycles. The summed E-state index contributed by atoms with van der Waals surface area (Å²) in [5.74, 6) is 0. The van der Waals surface area contributed by atoms with Crippen LogP contribution in [0.2, 0.25) is 0 Å². The van der Waals surface area contributed by atoms with Crippen LogP contribution in [-0.4, -0.2) is 9.13 Å². The number of hydrogen-bond donors (Lipinski definition) is 0. The summed E-state index contributed by atoms with van der Waals surface area (Å²) in [5, 5.41) is 5.05. The Labute approximate surface area is 227 Å². The second-order valence-corrected chi connectivity index (χ2v) is 10.3. The Morgan fingerprint density at radius 1 is 0.359 bits per heavy atom. The minimum absolute atomic E-state index is 1.17. The van der Waals surface area contributed by atoms with E-state index in [2.05, 4.69) is 156 Å². The zero-order valence-electron chi connectivity index (χ0n) is 21.7. The average Bonchev–Trinajstić information content (AvgIpc) is 3.49. The molecule has 0 bridgehead atoms. The van der Waals surface area contributed by atoms with E-state index in [4.69, 9.17) is 0 Å². The van der Waals surface area contributed by atoms with E-state index in [1.54, 1.807) is 0 Å². The number of benzene rings is 6. The Hall–Kier alpha value is -5.08. The number of hydrogen-bond acceptors (Lipinski definition) is 0. The van der Waals surface area contributed by atoms with Gasteiger partial charge in [-0.25, -0.2) is 0 Å². The molecule has 0 N–H and O–H groups in total. The molecule has 0 aliphatic carbocycles. The summed E-state index contributed by atoms with van der Waals surface area (Å²) in [6, 6.07) is 50.7. The molecule has 2 heteroatoms. The lowest BCUT2D eigenvalue weighted by molar-refractivity contribution is 1.17. The summed E-state index contributed by atoms with van der Waals surface area (Å²) in [6.45, 7) is 2.14. The van der Waals surface area contributed by atoms with E-state index in [1.165, 1.54) is 71.7 Å². The molecule has 0 atom stereocenters. The molecule has 0 aliphatic rings. The average molecular weight is 499 g/mol. The van der Waals surface area contributed by atoms with E-state index in [0.717, 1.165) is 0 Å². The van der Waals surface area contributed by atoms with Crippen LogP contribution in [0.5, 0.6) is 0 Å². The van der Waals surface area contributed by atoms with Crippen molar-refractivity contribution < 1.29 is 0 Å². The molecule has 0 fully saturated rings. The normalized spacial score (nSPS) is 11.7. The predicted molar refractivity (Wildman–Crippen MR) is 165 cm³/mol. The Kier molecular flexibility index (Phi) is 4.77. The molecule has 39 heavy (non-hydrogen) atoms. The van der Waals surface area contributed by atoms with E-state index in [0.29, 0.717) is 0 Å². The van der Waals surface area contributed by atoms with Crippen LogP contribution in [0.1, 0.15) is 5.56 Å². The maximum Gasteiger partial charge on any atom is 0.0548 e. The van der Waals surface area contributed by atoms with Gasteiger partial charge in [0.2, 0.25) is 0 Å². The van der Waals surface area contributed by atoms with E-state index in [-0.39, 0.29) is 0 Å². The van der Waals surface area contributed by atoms with Crippen LogP contribution < -0.4 is 0 Å². The van der Waals surface area contributed by atoms with Gasteiger partial charge in [0.25, 0.3) is 0 Å². The lowest BCUT2D eigenvalue weighted by Gasteiger charge is -2.09. The fraction of sp³-hybridized carbons (Fsp3) is 0.0270. The highest BCUT2D eigenvalue weighted by atomic mass is 15.0. The number of rotatable bonds is 3. The van der Waals surface area contributed by atoms with Crippen molar-refractivity contribution in [1.29, 1.82) is 0 Å². The van der Waals surface area contributed by atoms with Gasteiger partial charge in [-0.2, -0.15) is 0 Å². The van der Waals surface area contributed by atoms with Gasteiger partial charge < -0.3 is 9.13 Å². The third kappa shape index (κ3) is 3.35. The van der Waals surface area contributed by atoms with Crippen LogP contribution in [0.4, 0.5) is 0 Å². The zero-order chi connectivity index (χ0) is 25.9. The van der Waals surface area contributed by atoms with Gasteiger partial charge in [0.05, 0.1) is 22.1 Å². The molecule has 184 valence electrons. The molecule has 6 aromatic carbocycles. The van der Waals surface area contributed by atoms with Crippen LogP contribution in [0, 0.1) is 6.92 Å². The Morgan fingerprint density at radius 3 is 1.49 bits per heavy atom. The van der Waals surface area contributed by atoms with E-state index < -0.39 is 0 Å². The first-order valence-corrected chi connectivity index (χ1v) is 13.5. The van der Waals surface area contributed by atoms with Crippen molar-refractivity contribution in [3.8, 4) is 22.5 Å². The number of aromatic nitrogens is 2. The van der Waals surface area contributed by atoms with Crippen molar-refractivity contribution in [2.75, 3.05) is 0 Å². The fourth-order valence-electron chi connectivity index (χ4n) is 6.12. The SMILES string of the molecule is Cc1ccc(-c2ccc3c(c2)c2cc4c(cc2n3-c2ccccc2)c2ccccc2n4-c2ccccc2)cc1. The van der Waals surface area contributed by atoms with Crippen molar-refractivity contribution in [2.45, 2.75) is 6.92 Å². The van der Waals surface area contributed by atoms with Crippen molar-refractivity contribution >= 4 is 43.6 Å². The van der Waals surface area contributed by atoms with Gasteiger partial charge in [0, 0.05) is 32.9 Å². The van der Waals surface area contributed by atoms with Crippen LogP contribution >= 0.6 is 0 Å². The van der Waals surface area contributed by atoms with E-state index in [9.17, 15) is 0 Å². The Balaban J connectivity index is 1.53. The van der Waals surface area contributed by atoms with Crippen molar-refractivity contribution in [2.24, 2.45) is 0 Å². The topological polar surface area (TPSA) is 9.86 Å². The van der Waals surface area contributed by atoms with Gasteiger partial charge in [0.1, 0.15) is 0 Å². The fourth-order valence-corrected chi connectivity index (χ4v) is 6.12. The first-order valence-electron chi connectivity index (χ1n) is 13.5. The van der Waals surface area contributed by atoms with Gasteiger partial charge in [-0.3, -0.25) is 0 Å². The predicted octanol–water partition coefficient (Wildman–Crippen LogP) is 9.86. The summed E-state index contributed by atoms with van der Waals surface area (Å²) in [7, 11) is 0. The number of fused-ring (bicyclic) bond motifs is 6. The number of aryl methyl sites for hydroxylation is 1. The maximum atomic E-state index is 2.41. The second kappa shape index (κ2) is 8.47. The van der Waals surface area contributed by atoms with Crippen LogP contribution in [0.25, 0.3) is 66.1 Å². The molecule has 0 unspecified atom stereocenters. The summed E-state index contributed by atoms with van der Waals surface area (Å²) in [6.07, 6.45) is 0. The minimum atomic E-state index is 1.17. The van der Waals surface area contributed by atoms with E-state index >= 15 is 0 Å². The number of nitrogens with zero attached hydrogens (tertiary/aromatic N) is 2. The van der Waals surface area contributed by atoms with Gasteiger partial charge in [-0.15, -0.1) is 0 Å².